The number of fused-ring (bicyclic) bond motifs is 5. The summed E-state index contributed by atoms with van der Waals surface area (Å²) in [5.41, 5.74) is 18.6. The van der Waals surface area contributed by atoms with Gasteiger partial charge < -0.3 is 36.3 Å². The maximum atomic E-state index is 7.21. The summed E-state index contributed by atoms with van der Waals surface area (Å²) in [5, 5.41) is 0. The van der Waals surface area contributed by atoms with Crippen LogP contribution in [0.5, 0.6) is 0 Å². The molecule has 0 spiro atoms. The van der Waals surface area contributed by atoms with Crippen LogP contribution in [-0.2, 0) is 14.2 Å². The molecule has 4 saturated carbocycles. The van der Waals surface area contributed by atoms with Gasteiger partial charge >= 0.3 is 0 Å². The second-order valence-electron chi connectivity index (χ2n) is 25.6. The van der Waals surface area contributed by atoms with Crippen LogP contribution in [0.3, 0.4) is 0 Å². The zero-order chi connectivity index (χ0) is 51.5. The highest BCUT2D eigenvalue weighted by atomic mass is 16.5. The molecule has 0 saturated heterocycles. The van der Waals surface area contributed by atoms with E-state index in [-0.39, 0.29) is 5.41 Å². The van der Waals surface area contributed by atoms with Crippen molar-refractivity contribution in [3.05, 3.63) is 0 Å². The molecule has 4 fully saturated rings. The Morgan fingerprint density at radius 2 is 0.917 bits per heavy atom. The minimum atomic E-state index is 0.165. The van der Waals surface area contributed by atoms with Gasteiger partial charge in [-0.2, -0.15) is 0 Å². The Morgan fingerprint density at radius 1 is 0.472 bits per heavy atom. The molecule has 0 bridgehead atoms. The molecular formula is C65H128N4O3. The summed E-state index contributed by atoms with van der Waals surface area (Å²) in [6, 6.07) is 0. The van der Waals surface area contributed by atoms with E-state index in [2.05, 4.69) is 39.5 Å². The normalized spacial score (nSPS) is 28.6. The molecule has 72 heavy (non-hydrogen) atoms. The summed E-state index contributed by atoms with van der Waals surface area (Å²) in [6.07, 6.45) is 55.3. The van der Waals surface area contributed by atoms with Gasteiger partial charge in [0.05, 0.1) is 18.3 Å². The molecule has 0 radical (unpaired) electrons. The van der Waals surface area contributed by atoms with Crippen molar-refractivity contribution in [2.75, 3.05) is 59.1 Å². The van der Waals surface area contributed by atoms with Crippen LogP contribution in [0.15, 0.2) is 0 Å². The predicted molar refractivity (Wildman–Crippen MR) is 312 cm³/mol. The molecule has 6 N–H and O–H groups in total. The summed E-state index contributed by atoms with van der Waals surface area (Å²) in [4.78, 5) is 2.91. The lowest BCUT2D eigenvalue weighted by Gasteiger charge is -2.65. The molecule has 4 unspecified atom stereocenters. The second-order valence-corrected chi connectivity index (χ2v) is 25.6. The van der Waals surface area contributed by atoms with Gasteiger partial charge in [0.1, 0.15) is 0 Å². The lowest BCUT2D eigenvalue weighted by atomic mass is 9.43. The quantitative estimate of drug-likeness (QED) is 0.0521. The maximum absolute atomic E-state index is 7.21. The molecule has 4 rings (SSSR count). The molecule has 4 aliphatic rings. The number of rotatable bonds is 47. The van der Waals surface area contributed by atoms with Crippen molar-refractivity contribution >= 4 is 0 Å². The number of unbranched alkanes of at least 4 members (excludes halogenated alkanes) is 26. The molecule has 0 heterocycles. The molecule has 7 heteroatoms. The summed E-state index contributed by atoms with van der Waals surface area (Å²) in [6.45, 7) is 21.1. The highest BCUT2D eigenvalue weighted by Gasteiger charge is 2.66. The molecule has 7 nitrogen and oxygen atoms in total. The van der Waals surface area contributed by atoms with E-state index in [1.54, 1.807) is 0 Å². The predicted octanol–water partition coefficient (Wildman–Crippen LogP) is 16.7. The van der Waals surface area contributed by atoms with Crippen LogP contribution in [0, 0.1) is 46.3 Å². The van der Waals surface area contributed by atoms with Crippen molar-refractivity contribution in [2.45, 2.75) is 310 Å². The highest BCUT2D eigenvalue weighted by molar-refractivity contribution is 5.15. The standard InChI is InChI=1S/C65H128N4O3/c1-6-8-10-12-14-16-18-20-22-24-26-28-30-32-46-69(47-33-31-29-27-25-23-21-19-17-15-13-11-9-7-2)48-34-38-55(3)58-39-40-59-63-60(54-62(65(58,59)5)72-51-37-45-68)64(4)42-41-57(70-49-35-43-66)52-56(64)53-61(63)71-50-36-44-67/h55-63H,6-54,66-68H2,1-5H3/t55-,56?,57-,58-,59+,60?,61-,62+,63?,64?,65-/m1/s1. The van der Waals surface area contributed by atoms with E-state index in [0.717, 1.165) is 45.5 Å². The first kappa shape index (κ1) is 64.2. The number of hydrogen-bond donors (Lipinski definition) is 3. The van der Waals surface area contributed by atoms with Crippen molar-refractivity contribution in [1.82, 2.24) is 4.90 Å². The van der Waals surface area contributed by atoms with Crippen molar-refractivity contribution in [3.8, 4) is 0 Å². The van der Waals surface area contributed by atoms with Gasteiger partial charge in [0.2, 0.25) is 0 Å². The van der Waals surface area contributed by atoms with E-state index >= 15 is 0 Å². The van der Waals surface area contributed by atoms with E-state index in [1.807, 2.05) is 0 Å². The van der Waals surface area contributed by atoms with Gasteiger partial charge in [0.25, 0.3) is 0 Å². The smallest absolute Gasteiger partial charge is 0.0637 e. The van der Waals surface area contributed by atoms with Gasteiger partial charge in [-0.25, -0.2) is 0 Å². The first-order valence-electron chi connectivity index (χ1n) is 33.0. The Hall–Kier alpha value is -0.280. The Kier molecular flexibility index (Phi) is 34.9. The molecule has 0 aromatic rings. The van der Waals surface area contributed by atoms with Gasteiger partial charge in [-0.3, -0.25) is 0 Å². The van der Waals surface area contributed by atoms with Gasteiger partial charge in [0.15, 0.2) is 0 Å². The fourth-order valence-electron chi connectivity index (χ4n) is 15.8. The molecular weight excluding hydrogens is 885 g/mol. The summed E-state index contributed by atoms with van der Waals surface area (Å²) < 4.78 is 20.8. The first-order chi connectivity index (χ1) is 35.3. The van der Waals surface area contributed by atoms with Crippen molar-refractivity contribution < 1.29 is 14.2 Å². The monoisotopic (exact) mass is 1010 g/mol. The van der Waals surface area contributed by atoms with Crippen LogP contribution in [0.2, 0.25) is 0 Å². The van der Waals surface area contributed by atoms with Crippen molar-refractivity contribution in [2.24, 2.45) is 63.5 Å². The second kappa shape index (κ2) is 39.1. The summed E-state index contributed by atoms with van der Waals surface area (Å²) in [7, 11) is 0. The molecule has 4 aliphatic carbocycles. The Morgan fingerprint density at radius 3 is 1.40 bits per heavy atom. The number of ether oxygens (including phenoxy) is 3. The van der Waals surface area contributed by atoms with E-state index < -0.39 is 0 Å². The fourth-order valence-corrected chi connectivity index (χ4v) is 15.8. The Labute approximate surface area is 449 Å². The lowest BCUT2D eigenvalue weighted by molar-refractivity contribution is -0.227. The molecule has 426 valence electrons. The van der Waals surface area contributed by atoms with E-state index in [9.17, 15) is 0 Å². The zero-order valence-electron chi connectivity index (χ0n) is 49.2. The van der Waals surface area contributed by atoms with Crippen LogP contribution in [-0.4, -0.2) is 82.3 Å². The van der Waals surface area contributed by atoms with Crippen LogP contribution in [0.4, 0.5) is 0 Å². The Balaban J connectivity index is 1.32. The van der Waals surface area contributed by atoms with Gasteiger partial charge in [0, 0.05) is 25.2 Å². The first-order valence-corrected chi connectivity index (χ1v) is 33.0. The molecule has 0 amide bonds. The summed E-state index contributed by atoms with van der Waals surface area (Å²) in [5.74, 6) is 3.88. The largest absolute Gasteiger partial charge is 0.378 e. The SMILES string of the molecule is CCCCCCCCCCCCCCCCN(CCCCCCCCCCCCCCCC)CCC[C@@H](C)[C@H]1CC[C@H]2C3C(C[C@H](OCCCN)[C@]12C)C1(C)CC[C@@H](OCCCN)CC1C[C@H]3OCCCN. The van der Waals surface area contributed by atoms with Crippen LogP contribution in [0.25, 0.3) is 0 Å². The summed E-state index contributed by atoms with van der Waals surface area (Å²) >= 11 is 0. The Bertz CT molecular complexity index is 1240. The average molecular weight is 1010 g/mol. The van der Waals surface area contributed by atoms with Crippen LogP contribution < -0.4 is 17.2 Å². The number of nitrogens with two attached hydrogens (primary N) is 3. The van der Waals surface area contributed by atoms with E-state index in [1.165, 1.54) is 251 Å². The third-order valence-electron chi connectivity index (χ3n) is 20.3. The third kappa shape index (κ3) is 22.2. The molecule has 11 atom stereocenters. The third-order valence-corrected chi connectivity index (χ3v) is 20.3. The minimum Gasteiger partial charge on any atom is -0.378 e. The molecule has 0 aromatic carbocycles. The van der Waals surface area contributed by atoms with Crippen LogP contribution in [0.1, 0.15) is 291 Å². The topological polar surface area (TPSA) is 109 Å². The lowest BCUT2D eigenvalue weighted by Crippen LogP contribution is -2.63. The van der Waals surface area contributed by atoms with E-state index in [0.29, 0.717) is 78.9 Å². The van der Waals surface area contributed by atoms with Gasteiger partial charge in [-0.1, -0.05) is 202 Å². The number of nitrogens with zero attached hydrogens (tertiary/aromatic N) is 1. The van der Waals surface area contributed by atoms with Crippen molar-refractivity contribution in [1.29, 1.82) is 0 Å². The van der Waals surface area contributed by atoms with Gasteiger partial charge in [-0.15, -0.1) is 0 Å². The zero-order valence-corrected chi connectivity index (χ0v) is 49.2. The molecule has 0 aromatic heterocycles. The maximum Gasteiger partial charge on any atom is 0.0637 e. The average Bonchev–Trinajstić information content (AvgIpc) is 3.74. The van der Waals surface area contributed by atoms with Crippen LogP contribution >= 0.6 is 0 Å². The fraction of sp³-hybridized carbons (Fsp3) is 1.00. The van der Waals surface area contributed by atoms with E-state index in [4.69, 9.17) is 31.4 Å². The van der Waals surface area contributed by atoms with Gasteiger partial charge in [-0.05, 0) is 170 Å². The highest BCUT2D eigenvalue weighted by Crippen LogP contribution is 2.69. The molecule has 0 aliphatic heterocycles. The minimum absolute atomic E-state index is 0.165. The number of hydrogen-bond acceptors (Lipinski definition) is 7. The van der Waals surface area contributed by atoms with Crippen molar-refractivity contribution in [3.63, 3.8) is 0 Å².